The summed E-state index contributed by atoms with van der Waals surface area (Å²) < 4.78 is 5.37. The molecule has 94 valence electrons. The molecule has 0 atom stereocenters. The maximum absolute atomic E-state index is 9.53. The average Bonchev–Trinajstić information content (AvgIpc) is 2.80. The van der Waals surface area contributed by atoms with Gasteiger partial charge in [-0.25, -0.2) is 4.98 Å². The summed E-state index contributed by atoms with van der Waals surface area (Å²) in [5.41, 5.74) is 1.16. The molecule has 0 bridgehead atoms. The molecule has 1 aromatic heterocycles. The second kappa shape index (κ2) is 4.42. The SMILES string of the molecule is OCC1(c2ncc(C3CCOCC3)[nH]2)CCC1. The Labute approximate surface area is 101 Å². The normalized spacial score (nSPS) is 24.5. The molecule has 1 aromatic rings. The summed E-state index contributed by atoms with van der Waals surface area (Å²) in [5.74, 6) is 1.55. The first-order valence-electron chi connectivity index (χ1n) is 6.58. The quantitative estimate of drug-likeness (QED) is 0.840. The number of H-pyrrole nitrogens is 1. The molecule has 0 radical (unpaired) electrons. The van der Waals surface area contributed by atoms with Crippen LogP contribution in [0.15, 0.2) is 6.20 Å². The zero-order chi connectivity index (χ0) is 11.7. The highest BCUT2D eigenvalue weighted by atomic mass is 16.5. The van der Waals surface area contributed by atoms with Crippen LogP contribution in [0.5, 0.6) is 0 Å². The molecule has 2 N–H and O–H groups in total. The van der Waals surface area contributed by atoms with E-state index in [1.165, 1.54) is 12.1 Å². The Hall–Kier alpha value is -0.870. The van der Waals surface area contributed by atoms with Gasteiger partial charge in [-0.05, 0) is 25.7 Å². The Morgan fingerprint density at radius 3 is 2.76 bits per heavy atom. The van der Waals surface area contributed by atoms with E-state index in [0.29, 0.717) is 5.92 Å². The van der Waals surface area contributed by atoms with E-state index in [2.05, 4.69) is 9.97 Å². The van der Waals surface area contributed by atoms with Crippen molar-refractivity contribution in [2.75, 3.05) is 19.8 Å². The van der Waals surface area contributed by atoms with E-state index in [4.69, 9.17) is 4.74 Å². The van der Waals surface area contributed by atoms with E-state index in [1.54, 1.807) is 0 Å². The first-order valence-corrected chi connectivity index (χ1v) is 6.58. The van der Waals surface area contributed by atoms with Crippen LogP contribution < -0.4 is 0 Å². The third-order valence-corrected chi connectivity index (χ3v) is 4.37. The largest absolute Gasteiger partial charge is 0.395 e. The smallest absolute Gasteiger partial charge is 0.114 e. The number of aromatic amines is 1. The Bertz CT molecular complexity index is 373. The molecule has 0 aromatic carbocycles. The van der Waals surface area contributed by atoms with Crippen molar-refractivity contribution in [2.45, 2.75) is 43.4 Å². The van der Waals surface area contributed by atoms with E-state index in [-0.39, 0.29) is 12.0 Å². The molecule has 1 aliphatic carbocycles. The second-order valence-electron chi connectivity index (χ2n) is 5.37. The zero-order valence-electron chi connectivity index (χ0n) is 10.1. The topological polar surface area (TPSA) is 58.1 Å². The van der Waals surface area contributed by atoms with Crippen LogP contribution in [0.4, 0.5) is 0 Å². The van der Waals surface area contributed by atoms with Crippen molar-refractivity contribution in [3.8, 4) is 0 Å². The highest BCUT2D eigenvalue weighted by Crippen LogP contribution is 2.42. The Balaban J connectivity index is 1.77. The fourth-order valence-corrected chi connectivity index (χ4v) is 2.89. The van der Waals surface area contributed by atoms with Gasteiger partial charge in [0.25, 0.3) is 0 Å². The van der Waals surface area contributed by atoms with Crippen molar-refractivity contribution in [1.82, 2.24) is 9.97 Å². The lowest BCUT2D eigenvalue weighted by Gasteiger charge is -2.38. The number of aromatic nitrogens is 2. The van der Waals surface area contributed by atoms with Gasteiger partial charge in [0.05, 0.1) is 12.0 Å². The standard InChI is InChI=1S/C13H20N2O2/c16-9-13(4-1-5-13)12-14-8-11(15-12)10-2-6-17-7-3-10/h8,10,16H,1-7,9H2,(H,14,15). The third kappa shape index (κ3) is 1.89. The Kier molecular flexibility index (Phi) is 2.92. The summed E-state index contributed by atoms with van der Waals surface area (Å²) in [6.45, 7) is 1.92. The van der Waals surface area contributed by atoms with Gasteiger partial charge < -0.3 is 14.8 Å². The summed E-state index contributed by atoms with van der Waals surface area (Å²) in [6.07, 6.45) is 7.44. The van der Waals surface area contributed by atoms with Gasteiger partial charge in [-0.3, -0.25) is 0 Å². The summed E-state index contributed by atoms with van der Waals surface area (Å²) in [4.78, 5) is 7.95. The molecule has 2 aliphatic rings. The lowest BCUT2D eigenvalue weighted by molar-refractivity contribution is 0.0842. The summed E-state index contributed by atoms with van der Waals surface area (Å²) in [6, 6.07) is 0. The molecule has 4 nitrogen and oxygen atoms in total. The molecule has 0 unspecified atom stereocenters. The highest BCUT2D eigenvalue weighted by molar-refractivity contribution is 5.18. The van der Waals surface area contributed by atoms with Gasteiger partial charge in [-0.15, -0.1) is 0 Å². The number of aliphatic hydroxyl groups is 1. The first kappa shape index (κ1) is 11.2. The van der Waals surface area contributed by atoms with Crippen molar-refractivity contribution in [2.24, 2.45) is 0 Å². The van der Waals surface area contributed by atoms with Crippen molar-refractivity contribution < 1.29 is 9.84 Å². The van der Waals surface area contributed by atoms with E-state index in [1.807, 2.05) is 6.20 Å². The molecule has 1 saturated heterocycles. The summed E-state index contributed by atoms with van der Waals surface area (Å²) >= 11 is 0. The predicted molar refractivity (Wildman–Crippen MR) is 64.0 cm³/mol. The van der Waals surface area contributed by atoms with Gasteiger partial charge in [-0.1, -0.05) is 6.42 Å². The van der Waals surface area contributed by atoms with Gasteiger partial charge in [0, 0.05) is 31.0 Å². The van der Waals surface area contributed by atoms with Gasteiger partial charge in [-0.2, -0.15) is 0 Å². The average molecular weight is 236 g/mol. The lowest BCUT2D eigenvalue weighted by Crippen LogP contribution is -2.39. The Morgan fingerprint density at radius 1 is 1.41 bits per heavy atom. The van der Waals surface area contributed by atoms with E-state index >= 15 is 0 Å². The van der Waals surface area contributed by atoms with Crippen LogP contribution in [0.25, 0.3) is 0 Å². The molecule has 2 heterocycles. The van der Waals surface area contributed by atoms with Crippen LogP contribution in [0.2, 0.25) is 0 Å². The lowest BCUT2D eigenvalue weighted by atomic mass is 9.69. The number of ether oxygens (including phenoxy) is 1. The molecule has 1 saturated carbocycles. The molecule has 0 amide bonds. The number of nitrogens with zero attached hydrogens (tertiary/aromatic N) is 1. The predicted octanol–water partition coefficient (Wildman–Crippen LogP) is 1.72. The van der Waals surface area contributed by atoms with E-state index < -0.39 is 0 Å². The summed E-state index contributed by atoms with van der Waals surface area (Å²) in [5, 5.41) is 9.53. The van der Waals surface area contributed by atoms with Gasteiger partial charge in [0.15, 0.2) is 0 Å². The highest BCUT2D eigenvalue weighted by Gasteiger charge is 2.40. The molecule has 17 heavy (non-hydrogen) atoms. The minimum Gasteiger partial charge on any atom is -0.395 e. The van der Waals surface area contributed by atoms with Crippen molar-refractivity contribution in [3.63, 3.8) is 0 Å². The first-order chi connectivity index (χ1) is 8.34. The Morgan fingerprint density at radius 2 is 2.18 bits per heavy atom. The number of aliphatic hydroxyl groups excluding tert-OH is 1. The van der Waals surface area contributed by atoms with Crippen molar-refractivity contribution in [3.05, 3.63) is 17.7 Å². The fourth-order valence-electron chi connectivity index (χ4n) is 2.89. The van der Waals surface area contributed by atoms with E-state index in [9.17, 15) is 5.11 Å². The van der Waals surface area contributed by atoms with Crippen LogP contribution in [0.1, 0.15) is 49.5 Å². The molecule has 3 rings (SSSR count). The number of hydrogen-bond donors (Lipinski definition) is 2. The molecule has 4 heteroatoms. The van der Waals surface area contributed by atoms with Crippen LogP contribution in [0, 0.1) is 0 Å². The van der Waals surface area contributed by atoms with Crippen molar-refractivity contribution >= 4 is 0 Å². The second-order valence-corrected chi connectivity index (χ2v) is 5.37. The number of nitrogens with one attached hydrogen (secondary N) is 1. The maximum atomic E-state index is 9.53. The number of rotatable bonds is 3. The minimum absolute atomic E-state index is 0.0661. The number of hydrogen-bond acceptors (Lipinski definition) is 3. The minimum atomic E-state index is -0.0661. The van der Waals surface area contributed by atoms with Crippen LogP contribution in [0.3, 0.4) is 0 Å². The monoisotopic (exact) mass is 236 g/mol. The summed E-state index contributed by atoms with van der Waals surface area (Å²) in [7, 11) is 0. The molecular formula is C13H20N2O2. The maximum Gasteiger partial charge on any atom is 0.114 e. The molecule has 2 fully saturated rings. The van der Waals surface area contributed by atoms with Crippen LogP contribution >= 0.6 is 0 Å². The molecular weight excluding hydrogens is 216 g/mol. The van der Waals surface area contributed by atoms with Crippen LogP contribution in [-0.4, -0.2) is 34.9 Å². The van der Waals surface area contributed by atoms with Crippen molar-refractivity contribution in [1.29, 1.82) is 0 Å². The third-order valence-electron chi connectivity index (χ3n) is 4.37. The number of imidazole rings is 1. The van der Waals surface area contributed by atoms with Gasteiger partial charge in [0.1, 0.15) is 5.82 Å². The van der Waals surface area contributed by atoms with E-state index in [0.717, 1.165) is 44.7 Å². The molecule has 0 spiro atoms. The van der Waals surface area contributed by atoms with Crippen LogP contribution in [-0.2, 0) is 10.2 Å². The fraction of sp³-hybridized carbons (Fsp3) is 0.769. The van der Waals surface area contributed by atoms with Gasteiger partial charge in [0.2, 0.25) is 0 Å². The van der Waals surface area contributed by atoms with Gasteiger partial charge >= 0.3 is 0 Å². The molecule has 1 aliphatic heterocycles. The zero-order valence-corrected chi connectivity index (χ0v) is 10.1.